The van der Waals surface area contributed by atoms with Crippen molar-refractivity contribution in [2.45, 2.75) is 19.8 Å². The second kappa shape index (κ2) is 3.82. The highest BCUT2D eigenvalue weighted by Crippen LogP contribution is 2.33. The Labute approximate surface area is 99.7 Å². The van der Waals surface area contributed by atoms with Crippen LogP contribution in [-0.2, 0) is 0 Å². The van der Waals surface area contributed by atoms with Crippen LogP contribution in [-0.4, -0.2) is 18.1 Å². The second-order valence-electron chi connectivity index (χ2n) is 4.77. The molecule has 0 amide bonds. The number of aromatic nitrogens is 1. The Balaban J connectivity index is 2.04. The Bertz CT molecular complexity index is 518. The minimum absolute atomic E-state index is 0.609. The van der Waals surface area contributed by atoms with Gasteiger partial charge in [-0.05, 0) is 37.1 Å². The maximum atomic E-state index is 4.76. The van der Waals surface area contributed by atoms with Gasteiger partial charge in [0.1, 0.15) is 0 Å². The number of nitrogens with one attached hydrogen (secondary N) is 1. The fourth-order valence-corrected chi connectivity index (χ4v) is 3.65. The standard InChI is InChI=1S/C13H16N2S/c1-8-3-4-11-12(5-8)16-13(15-11)10-7-14-6-9(10)2/h3-5,9-10,14H,6-7H2,1-2H3/t9-,10-/m1/s1. The van der Waals surface area contributed by atoms with Crippen LogP contribution in [0.2, 0.25) is 0 Å². The van der Waals surface area contributed by atoms with Crippen LogP contribution in [0.3, 0.4) is 0 Å². The Morgan fingerprint density at radius 3 is 3.00 bits per heavy atom. The van der Waals surface area contributed by atoms with E-state index in [2.05, 4.69) is 37.4 Å². The van der Waals surface area contributed by atoms with E-state index in [9.17, 15) is 0 Å². The van der Waals surface area contributed by atoms with E-state index >= 15 is 0 Å². The van der Waals surface area contributed by atoms with Crippen LogP contribution < -0.4 is 5.32 Å². The molecule has 16 heavy (non-hydrogen) atoms. The summed E-state index contributed by atoms with van der Waals surface area (Å²) in [5.74, 6) is 1.32. The van der Waals surface area contributed by atoms with Crippen molar-refractivity contribution >= 4 is 21.6 Å². The fraction of sp³-hybridized carbons (Fsp3) is 0.462. The van der Waals surface area contributed by atoms with Gasteiger partial charge in [0.25, 0.3) is 0 Å². The molecule has 2 aromatic rings. The van der Waals surface area contributed by atoms with Crippen molar-refractivity contribution < 1.29 is 0 Å². The normalized spacial score (nSPS) is 25.4. The summed E-state index contributed by atoms with van der Waals surface area (Å²) in [5.41, 5.74) is 2.48. The zero-order valence-corrected chi connectivity index (χ0v) is 10.5. The molecule has 0 aliphatic carbocycles. The number of fused-ring (bicyclic) bond motifs is 1. The van der Waals surface area contributed by atoms with Gasteiger partial charge in [-0.15, -0.1) is 11.3 Å². The van der Waals surface area contributed by atoms with Crippen LogP contribution in [0.5, 0.6) is 0 Å². The summed E-state index contributed by atoms with van der Waals surface area (Å²) in [6.45, 7) is 6.65. The van der Waals surface area contributed by atoms with Crippen molar-refractivity contribution in [1.29, 1.82) is 0 Å². The lowest BCUT2D eigenvalue weighted by Crippen LogP contribution is -2.07. The highest BCUT2D eigenvalue weighted by Gasteiger charge is 2.27. The molecule has 0 radical (unpaired) electrons. The number of thiazole rings is 1. The van der Waals surface area contributed by atoms with Gasteiger partial charge in [0.2, 0.25) is 0 Å². The van der Waals surface area contributed by atoms with Gasteiger partial charge in [-0.1, -0.05) is 13.0 Å². The first kappa shape index (κ1) is 10.2. The number of hydrogen-bond donors (Lipinski definition) is 1. The van der Waals surface area contributed by atoms with E-state index < -0.39 is 0 Å². The molecule has 2 atom stereocenters. The lowest BCUT2D eigenvalue weighted by atomic mass is 9.99. The van der Waals surface area contributed by atoms with Gasteiger partial charge in [0.05, 0.1) is 15.2 Å². The van der Waals surface area contributed by atoms with Gasteiger partial charge in [-0.3, -0.25) is 0 Å². The highest BCUT2D eigenvalue weighted by atomic mass is 32.1. The van der Waals surface area contributed by atoms with Crippen molar-refractivity contribution in [3.63, 3.8) is 0 Å². The Hall–Kier alpha value is -0.930. The third-order valence-electron chi connectivity index (χ3n) is 3.40. The predicted octanol–water partition coefficient (Wildman–Crippen LogP) is 2.93. The lowest BCUT2D eigenvalue weighted by molar-refractivity contribution is 0.570. The van der Waals surface area contributed by atoms with E-state index in [4.69, 9.17) is 4.98 Å². The molecule has 0 spiro atoms. The van der Waals surface area contributed by atoms with Crippen LogP contribution in [0.1, 0.15) is 23.4 Å². The molecular weight excluding hydrogens is 216 g/mol. The molecule has 1 N–H and O–H groups in total. The van der Waals surface area contributed by atoms with Gasteiger partial charge in [-0.25, -0.2) is 4.98 Å². The Morgan fingerprint density at radius 2 is 2.25 bits per heavy atom. The molecule has 1 aromatic heterocycles. The number of benzene rings is 1. The van der Waals surface area contributed by atoms with Gasteiger partial charge in [0.15, 0.2) is 0 Å². The summed E-state index contributed by atoms with van der Waals surface area (Å²) in [7, 11) is 0. The van der Waals surface area contributed by atoms with Gasteiger partial charge < -0.3 is 5.32 Å². The van der Waals surface area contributed by atoms with Crippen LogP contribution in [0.25, 0.3) is 10.2 Å². The van der Waals surface area contributed by atoms with E-state index in [1.54, 1.807) is 0 Å². The van der Waals surface area contributed by atoms with Gasteiger partial charge in [-0.2, -0.15) is 0 Å². The average molecular weight is 232 g/mol. The summed E-state index contributed by atoms with van der Waals surface area (Å²) >= 11 is 1.86. The smallest absolute Gasteiger partial charge is 0.0985 e. The monoisotopic (exact) mass is 232 g/mol. The number of aryl methyl sites for hydroxylation is 1. The lowest BCUT2D eigenvalue weighted by Gasteiger charge is -2.09. The van der Waals surface area contributed by atoms with E-state index in [0.717, 1.165) is 18.6 Å². The summed E-state index contributed by atoms with van der Waals surface area (Å²) in [6, 6.07) is 6.52. The minimum atomic E-state index is 0.609. The molecule has 1 aliphatic rings. The highest BCUT2D eigenvalue weighted by molar-refractivity contribution is 7.18. The topological polar surface area (TPSA) is 24.9 Å². The molecule has 2 heterocycles. The minimum Gasteiger partial charge on any atom is -0.316 e. The average Bonchev–Trinajstić information content (AvgIpc) is 2.82. The maximum absolute atomic E-state index is 4.76. The van der Waals surface area contributed by atoms with Crippen molar-refractivity contribution in [3.05, 3.63) is 28.8 Å². The summed E-state index contributed by atoms with van der Waals surface area (Å²) < 4.78 is 1.33. The zero-order chi connectivity index (χ0) is 11.1. The van der Waals surface area contributed by atoms with Crippen molar-refractivity contribution in [2.24, 2.45) is 5.92 Å². The van der Waals surface area contributed by atoms with Crippen LogP contribution in [0.15, 0.2) is 18.2 Å². The Kier molecular flexibility index (Phi) is 2.45. The van der Waals surface area contributed by atoms with Crippen LogP contribution in [0.4, 0.5) is 0 Å². The molecule has 1 aromatic carbocycles. The Morgan fingerprint density at radius 1 is 1.38 bits per heavy atom. The third-order valence-corrected chi connectivity index (χ3v) is 4.55. The number of hydrogen-bond acceptors (Lipinski definition) is 3. The van der Waals surface area contributed by atoms with Gasteiger partial charge >= 0.3 is 0 Å². The third kappa shape index (κ3) is 1.64. The summed E-state index contributed by atoms with van der Waals surface area (Å²) in [5, 5.41) is 4.75. The quantitative estimate of drug-likeness (QED) is 0.817. The van der Waals surface area contributed by atoms with Crippen LogP contribution >= 0.6 is 11.3 Å². The van der Waals surface area contributed by atoms with Crippen molar-refractivity contribution in [3.8, 4) is 0 Å². The molecule has 1 saturated heterocycles. The summed E-state index contributed by atoms with van der Waals surface area (Å²) in [6.07, 6.45) is 0. The maximum Gasteiger partial charge on any atom is 0.0985 e. The molecule has 84 valence electrons. The first-order valence-corrected chi connectivity index (χ1v) is 6.63. The molecule has 0 bridgehead atoms. The first-order valence-electron chi connectivity index (χ1n) is 5.82. The molecule has 3 heteroatoms. The number of rotatable bonds is 1. The predicted molar refractivity (Wildman–Crippen MR) is 69.1 cm³/mol. The van der Waals surface area contributed by atoms with Crippen molar-refractivity contribution in [1.82, 2.24) is 10.3 Å². The molecule has 3 rings (SSSR count). The van der Waals surface area contributed by atoms with E-state index in [0.29, 0.717) is 11.8 Å². The van der Waals surface area contributed by atoms with Gasteiger partial charge in [0, 0.05) is 12.5 Å². The SMILES string of the molecule is Cc1ccc2nc([C@@H]3CNC[C@H]3C)sc2c1. The second-order valence-corrected chi connectivity index (χ2v) is 5.83. The first-order chi connectivity index (χ1) is 7.74. The van der Waals surface area contributed by atoms with E-state index in [-0.39, 0.29) is 0 Å². The number of nitrogens with zero attached hydrogens (tertiary/aromatic N) is 1. The van der Waals surface area contributed by atoms with Crippen molar-refractivity contribution in [2.75, 3.05) is 13.1 Å². The fourth-order valence-electron chi connectivity index (χ4n) is 2.35. The molecule has 1 fully saturated rings. The van der Waals surface area contributed by atoms with Crippen LogP contribution in [0, 0.1) is 12.8 Å². The van der Waals surface area contributed by atoms with E-state index in [1.165, 1.54) is 15.3 Å². The molecular formula is C13H16N2S. The summed E-state index contributed by atoms with van der Waals surface area (Å²) in [4.78, 5) is 4.76. The molecule has 0 unspecified atom stereocenters. The molecule has 0 saturated carbocycles. The zero-order valence-electron chi connectivity index (χ0n) is 9.66. The molecule has 1 aliphatic heterocycles. The largest absolute Gasteiger partial charge is 0.316 e. The van der Waals surface area contributed by atoms with E-state index in [1.807, 2.05) is 11.3 Å². The molecule has 2 nitrogen and oxygen atoms in total.